The molecule has 0 amide bonds. The highest BCUT2D eigenvalue weighted by Crippen LogP contribution is 2.32. The second-order valence-electron chi connectivity index (χ2n) is 5.90. The Morgan fingerprint density at radius 2 is 1.95 bits per heavy atom. The van der Waals surface area contributed by atoms with Crippen molar-refractivity contribution >= 4 is 26.7 Å². The van der Waals surface area contributed by atoms with Gasteiger partial charge in [-0.3, -0.25) is 4.90 Å². The van der Waals surface area contributed by atoms with E-state index in [0.717, 1.165) is 45.7 Å². The number of nitrogens with two attached hydrogens (primary N) is 1. The van der Waals surface area contributed by atoms with Gasteiger partial charge in [-0.05, 0) is 50.6 Å². The van der Waals surface area contributed by atoms with Gasteiger partial charge in [0.15, 0.2) is 5.13 Å². The molecule has 1 saturated heterocycles. The van der Waals surface area contributed by atoms with E-state index in [1.165, 1.54) is 26.5 Å². The normalized spacial score (nSPS) is 16.8. The van der Waals surface area contributed by atoms with E-state index in [4.69, 9.17) is 10.7 Å². The van der Waals surface area contributed by atoms with E-state index < -0.39 is 0 Å². The van der Waals surface area contributed by atoms with E-state index in [0.29, 0.717) is 0 Å². The number of nitrogens with zero attached hydrogens (tertiary/aromatic N) is 3. The van der Waals surface area contributed by atoms with Gasteiger partial charge >= 0.3 is 0 Å². The van der Waals surface area contributed by atoms with Gasteiger partial charge in [-0.25, -0.2) is 4.98 Å². The predicted molar refractivity (Wildman–Crippen MR) is 91.4 cm³/mol. The van der Waals surface area contributed by atoms with Gasteiger partial charge in [0.05, 0.1) is 10.2 Å². The molecular weight excluding hydrogens is 280 g/mol. The highest BCUT2D eigenvalue weighted by molar-refractivity contribution is 7.22. The summed E-state index contributed by atoms with van der Waals surface area (Å²) < 4.78 is 1.31. The van der Waals surface area contributed by atoms with Crippen LogP contribution >= 0.6 is 11.3 Å². The second kappa shape index (κ2) is 6.30. The highest BCUT2D eigenvalue weighted by atomic mass is 32.1. The molecule has 2 N–H and O–H groups in total. The van der Waals surface area contributed by atoms with E-state index in [-0.39, 0.29) is 0 Å². The third-order valence-electron chi connectivity index (χ3n) is 4.14. The Morgan fingerprint density at radius 1 is 1.19 bits per heavy atom. The van der Waals surface area contributed by atoms with Gasteiger partial charge in [0.1, 0.15) is 0 Å². The predicted octanol–water partition coefficient (Wildman–Crippen LogP) is 2.38. The summed E-state index contributed by atoms with van der Waals surface area (Å²) in [7, 11) is 0. The average molecular weight is 304 g/mol. The van der Waals surface area contributed by atoms with Gasteiger partial charge in [-0.1, -0.05) is 17.4 Å². The minimum Gasteiger partial charge on any atom is -0.345 e. The minimum atomic E-state index is 0.788. The van der Waals surface area contributed by atoms with Gasteiger partial charge in [0.2, 0.25) is 0 Å². The Bertz CT molecular complexity index is 614. The van der Waals surface area contributed by atoms with Crippen LogP contribution in [0.1, 0.15) is 17.5 Å². The first kappa shape index (κ1) is 14.8. The molecule has 2 aromatic rings. The van der Waals surface area contributed by atoms with Crippen LogP contribution in [-0.4, -0.2) is 49.2 Å². The zero-order valence-corrected chi connectivity index (χ0v) is 13.7. The lowest BCUT2D eigenvalue weighted by atomic mass is 10.1. The number of aromatic nitrogens is 1. The summed E-state index contributed by atoms with van der Waals surface area (Å²) in [5.41, 5.74) is 9.37. The molecule has 0 spiro atoms. The summed E-state index contributed by atoms with van der Waals surface area (Å²) in [6, 6.07) is 4.47. The largest absolute Gasteiger partial charge is 0.345 e. The van der Waals surface area contributed by atoms with Crippen molar-refractivity contribution in [3.05, 3.63) is 23.3 Å². The number of rotatable bonds is 4. The van der Waals surface area contributed by atoms with Gasteiger partial charge in [0, 0.05) is 26.2 Å². The zero-order valence-electron chi connectivity index (χ0n) is 12.9. The van der Waals surface area contributed by atoms with E-state index in [1.54, 1.807) is 0 Å². The Balaban J connectivity index is 1.72. The van der Waals surface area contributed by atoms with Crippen LogP contribution in [0.2, 0.25) is 0 Å². The maximum absolute atomic E-state index is 5.59. The van der Waals surface area contributed by atoms with Crippen LogP contribution in [0.4, 0.5) is 5.13 Å². The molecule has 1 aromatic heterocycles. The molecule has 3 rings (SSSR count). The van der Waals surface area contributed by atoms with Crippen molar-refractivity contribution in [1.29, 1.82) is 0 Å². The fourth-order valence-electron chi connectivity index (χ4n) is 2.97. The summed E-state index contributed by atoms with van der Waals surface area (Å²) in [5, 5.41) is 1.18. The number of hydrogen-bond acceptors (Lipinski definition) is 5. The lowest BCUT2D eigenvalue weighted by Gasteiger charge is -2.34. The number of anilines is 1. The summed E-state index contributed by atoms with van der Waals surface area (Å²) in [6.45, 7) is 10.6. The molecule has 0 aliphatic carbocycles. The fraction of sp³-hybridized carbons (Fsp3) is 0.562. The number of thiazole rings is 1. The lowest BCUT2D eigenvalue weighted by molar-refractivity contribution is 0.256. The summed E-state index contributed by atoms with van der Waals surface area (Å²) in [5.74, 6) is 0. The van der Waals surface area contributed by atoms with Crippen molar-refractivity contribution in [3.63, 3.8) is 0 Å². The third kappa shape index (κ3) is 3.20. The zero-order chi connectivity index (χ0) is 14.8. The molecule has 2 heterocycles. The second-order valence-corrected chi connectivity index (χ2v) is 6.91. The van der Waals surface area contributed by atoms with Crippen LogP contribution < -0.4 is 10.6 Å². The van der Waals surface area contributed by atoms with Gasteiger partial charge in [-0.2, -0.15) is 0 Å². The van der Waals surface area contributed by atoms with E-state index >= 15 is 0 Å². The smallest absolute Gasteiger partial charge is 0.186 e. The number of hydrogen-bond donors (Lipinski definition) is 1. The van der Waals surface area contributed by atoms with Crippen LogP contribution in [0, 0.1) is 13.8 Å². The molecule has 0 bridgehead atoms. The molecule has 1 aliphatic heterocycles. The van der Waals surface area contributed by atoms with Crippen LogP contribution in [0.25, 0.3) is 10.2 Å². The Labute approximate surface area is 130 Å². The standard InChI is InChI=1S/C16H24N4S/c1-12-10-13(2)15-14(11-12)21-16(18-15)20-8-6-19(7-9-20)5-3-4-17/h10-11H,3-9,17H2,1-2H3. The van der Waals surface area contributed by atoms with Gasteiger partial charge < -0.3 is 10.6 Å². The van der Waals surface area contributed by atoms with Gasteiger partial charge in [-0.15, -0.1) is 0 Å². The molecular formula is C16H24N4S. The molecule has 1 fully saturated rings. The quantitative estimate of drug-likeness (QED) is 0.942. The molecule has 0 atom stereocenters. The lowest BCUT2D eigenvalue weighted by Crippen LogP contribution is -2.46. The van der Waals surface area contributed by atoms with Crippen molar-refractivity contribution in [2.24, 2.45) is 5.73 Å². The van der Waals surface area contributed by atoms with Gasteiger partial charge in [0.25, 0.3) is 0 Å². The summed E-state index contributed by atoms with van der Waals surface area (Å²) in [4.78, 5) is 9.81. The van der Waals surface area contributed by atoms with Crippen molar-refractivity contribution in [2.75, 3.05) is 44.2 Å². The minimum absolute atomic E-state index is 0.788. The number of fused-ring (bicyclic) bond motifs is 1. The first-order valence-electron chi connectivity index (χ1n) is 7.72. The molecule has 1 aromatic carbocycles. The maximum Gasteiger partial charge on any atom is 0.186 e. The topological polar surface area (TPSA) is 45.4 Å². The summed E-state index contributed by atoms with van der Waals surface area (Å²) >= 11 is 1.83. The molecule has 4 nitrogen and oxygen atoms in total. The van der Waals surface area contributed by atoms with Crippen LogP contribution in [0.15, 0.2) is 12.1 Å². The fourth-order valence-corrected chi connectivity index (χ4v) is 4.17. The van der Waals surface area contributed by atoms with Crippen LogP contribution in [-0.2, 0) is 0 Å². The van der Waals surface area contributed by atoms with Crippen molar-refractivity contribution in [3.8, 4) is 0 Å². The number of aryl methyl sites for hydroxylation is 2. The molecule has 0 saturated carbocycles. The molecule has 0 radical (unpaired) electrons. The monoisotopic (exact) mass is 304 g/mol. The number of benzene rings is 1. The first-order valence-corrected chi connectivity index (χ1v) is 8.54. The average Bonchev–Trinajstić information content (AvgIpc) is 2.90. The highest BCUT2D eigenvalue weighted by Gasteiger charge is 2.19. The molecule has 1 aliphatic rings. The molecule has 21 heavy (non-hydrogen) atoms. The third-order valence-corrected chi connectivity index (χ3v) is 5.20. The summed E-state index contributed by atoms with van der Waals surface area (Å²) in [6.07, 6.45) is 1.10. The molecule has 114 valence electrons. The van der Waals surface area contributed by atoms with Crippen molar-refractivity contribution in [1.82, 2.24) is 9.88 Å². The number of piperazine rings is 1. The van der Waals surface area contributed by atoms with Crippen LogP contribution in [0.3, 0.4) is 0 Å². The SMILES string of the molecule is Cc1cc(C)c2nc(N3CCN(CCCN)CC3)sc2c1. The van der Waals surface area contributed by atoms with E-state index in [1.807, 2.05) is 11.3 Å². The van der Waals surface area contributed by atoms with Crippen LogP contribution in [0.5, 0.6) is 0 Å². The molecule has 5 heteroatoms. The maximum atomic E-state index is 5.59. The Hall–Kier alpha value is -1.17. The first-order chi connectivity index (χ1) is 10.2. The Morgan fingerprint density at radius 3 is 2.67 bits per heavy atom. The van der Waals surface area contributed by atoms with E-state index in [9.17, 15) is 0 Å². The van der Waals surface area contributed by atoms with E-state index in [2.05, 4.69) is 35.8 Å². The van der Waals surface area contributed by atoms with Crippen molar-refractivity contribution in [2.45, 2.75) is 20.3 Å². The Kier molecular flexibility index (Phi) is 4.42. The van der Waals surface area contributed by atoms with Crippen molar-refractivity contribution < 1.29 is 0 Å². The molecule has 0 unspecified atom stereocenters.